The Bertz CT molecular complexity index is 1210. The summed E-state index contributed by atoms with van der Waals surface area (Å²) in [5.74, 6) is -0.144. The molecule has 4 rings (SSSR count). The number of hydrogen-bond donors (Lipinski definition) is 1. The highest BCUT2D eigenvalue weighted by Gasteiger charge is 2.30. The Morgan fingerprint density at radius 1 is 1.10 bits per heavy atom. The normalized spacial score (nSPS) is 15.0. The lowest BCUT2D eigenvalue weighted by atomic mass is 10.2. The fourth-order valence-corrected chi connectivity index (χ4v) is 5.80. The minimum atomic E-state index is -3.91. The molecule has 0 saturated carbocycles. The molecule has 1 saturated heterocycles. The minimum Gasteiger partial charge on any atom is -0.379 e. The molecule has 1 aliphatic heterocycles. The number of halogens is 2. The van der Waals surface area contributed by atoms with Crippen molar-refractivity contribution in [3.8, 4) is 11.4 Å². The summed E-state index contributed by atoms with van der Waals surface area (Å²) in [6.07, 6.45) is 0. The van der Waals surface area contributed by atoms with Crippen molar-refractivity contribution in [3.63, 3.8) is 0 Å². The van der Waals surface area contributed by atoms with Crippen molar-refractivity contribution in [3.05, 3.63) is 58.1 Å². The van der Waals surface area contributed by atoms with E-state index in [1.165, 1.54) is 16.4 Å². The van der Waals surface area contributed by atoms with Gasteiger partial charge in [0.05, 0.1) is 28.8 Å². The van der Waals surface area contributed by atoms with Gasteiger partial charge in [-0.1, -0.05) is 53.5 Å². The molecule has 1 fully saturated rings. The smallest absolute Gasteiger partial charge is 0.259 e. The van der Waals surface area contributed by atoms with Crippen LogP contribution in [-0.4, -0.2) is 54.3 Å². The van der Waals surface area contributed by atoms with Crippen molar-refractivity contribution >= 4 is 55.8 Å². The van der Waals surface area contributed by atoms with E-state index in [1.54, 1.807) is 0 Å². The van der Waals surface area contributed by atoms with Crippen molar-refractivity contribution in [2.75, 3.05) is 31.6 Å². The Kier molecular flexibility index (Phi) is 6.56. The first kappa shape index (κ1) is 22.1. The highest BCUT2D eigenvalue weighted by atomic mass is 35.5. The number of carbonyl (C=O) groups is 1. The Labute approximate surface area is 193 Å². The second kappa shape index (κ2) is 9.19. The number of hydrogen-bond acceptors (Lipinski definition) is 7. The maximum absolute atomic E-state index is 13.0. The van der Waals surface area contributed by atoms with Crippen LogP contribution in [0.15, 0.2) is 47.4 Å². The monoisotopic (exact) mass is 498 g/mol. The van der Waals surface area contributed by atoms with Crippen molar-refractivity contribution in [1.29, 1.82) is 0 Å². The molecular formula is C19H16Cl2N4O4S2. The van der Waals surface area contributed by atoms with Gasteiger partial charge >= 0.3 is 0 Å². The molecule has 2 aromatic carbocycles. The first-order valence-corrected chi connectivity index (χ1v) is 12.1. The van der Waals surface area contributed by atoms with Crippen molar-refractivity contribution in [2.24, 2.45) is 0 Å². The molecule has 0 spiro atoms. The van der Waals surface area contributed by atoms with Crippen LogP contribution >= 0.6 is 34.7 Å². The fourth-order valence-electron chi connectivity index (χ4n) is 2.97. The van der Waals surface area contributed by atoms with Crippen molar-refractivity contribution in [2.45, 2.75) is 4.90 Å². The molecule has 12 heteroatoms. The molecule has 0 atom stereocenters. The molecule has 2 heterocycles. The predicted octanol–water partition coefficient (Wildman–Crippen LogP) is 3.79. The second-order valence-electron chi connectivity index (χ2n) is 6.52. The van der Waals surface area contributed by atoms with Gasteiger partial charge in [-0.25, -0.2) is 8.42 Å². The summed E-state index contributed by atoms with van der Waals surface area (Å²) in [5, 5.41) is 2.84. The van der Waals surface area contributed by atoms with E-state index < -0.39 is 15.9 Å². The predicted molar refractivity (Wildman–Crippen MR) is 119 cm³/mol. The molecule has 1 N–H and O–H groups in total. The molecule has 3 aromatic rings. The first-order valence-electron chi connectivity index (χ1n) is 9.13. The number of ether oxygens (including phenoxy) is 1. The highest BCUT2D eigenvalue weighted by molar-refractivity contribution is 7.89. The molecule has 1 aliphatic rings. The number of amides is 1. The van der Waals surface area contributed by atoms with Gasteiger partial charge in [-0.15, -0.1) is 0 Å². The Hall–Kier alpha value is -2.08. The molecule has 0 aliphatic carbocycles. The van der Waals surface area contributed by atoms with Gasteiger partial charge in [0.25, 0.3) is 5.91 Å². The minimum absolute atomic E-state index is 0.0243. The lowest BCUT2D eigenvalue weighted by Gasteiger charge is -2.26. The van der Waals surface area contributed by atoms with E-state index in [-0.39, 0.29) is 38.7 Å². The van der Waals surface area contributed by atoms with Crippen LogP contribution in [-0.2, 0) is 14.8 Å². The van der Waals surface area contributed by atoms with Gasteiger partial charge in [0.2, 0.25) is 15.2 Å². The quantitative estimate of drug-likeness (QED) is 0.574. The van der Waals surface area contributed by atoms with Crippen LogP contribution in [0.2, 0.25) is 10.0 Å². The van der Waals surface area contributed by atoms with Gasteiger partial charge in [-0.3, -0.25) is 10.1 Å². The topological polar surface area (TPSA) is 101 Å². The summed E-state index contributed by atoms with van der Waals surface area (Å²) in [6.45, 7) is 0.989. The van der Waals surface area contributed by atoms with E-state index in [0.29, 0.717) is 19.0 Å². The Balaban J connectivity index is 1.60. The number of anilines is 1. The summed E-state index contributed by atoms with van der Waals surface area (Å²) in [4.78, 5) is 16.9. The maximum Gasteiger partial charge on any atom is 0.259 e. The van der Waals surface area contributed by atoms with Crippen LogP contribution in [0.25, 0.3) is 11.4 Å². The van der Waals surface area contributed by atoms with Gasteiger partial charge in [0, 0.05) is 30.2 Å². The number of carbonyl (C=O) groups excluding carboxylic acids is 1. The van der Waals surface area contributed by atoms with Crippen LogP contribution in [0.1, 0.15) is 10.4 Å². The number of benzene rings is 2. The maximum atomic E-state index is 13.0. The lowest BCUT2D eigenvalue weighted by Crippen LogP contribution is -2.40. The average molecular weight is 499 g/mol. The van der Waals surface area contributed by atoms with Crippen molar-refractivity contribution < 1.29 is 17.9 Å². The summed E-state index contributed by atoms with van der Waals surface area (Å²) >= 11 is 13.4. The zero-order chi connectivity index (χ0) is 22.0. The Morgan fingerprint density at radius 3 is 2.52 bits per heavy atom. The lowest BCUT2D eigenvalue weighted by molar-refractivity contribution is 0.0730. The van der Waals surface area contributed by atoms with Gasteiger partial charge < -0.3 is 4.74 Å². The van der Waals surface area contributed by atoms with Gasteiger partial charge in [-0.05, 0) is 12.1 Å². The van der Waals surface area contributed by atoms with Gasteiger partial charge in [0.15, 0.2) is 5.82 Å². The molecule has 0 radical (unpaired) electrons. The van der Waals surface area contributed by atoms with E-state index in [1.807, 2.05) is 30.3 Å². The zero-order valence-corrected chi connectivity index (χ0v) is 19.1. The molecule has 1 amide bonds. The molecule has 31 heavy (non-hydrogen) atoms. The first-order chi connectivity index (χ1) is 14.9. The summed E-state index contributed by atoms with van der Waals surface area (Å²) in [6, 6.07) is 11.7. The van der Waals surface area contributed by atoms with E-state index in [9.17, 15) is 13.2 Å². The SMILES string of the molecule is O=C(Nc1nc(-c2ccccc2)ns1)c1cc(S(=O)(=O)N2CCOCC2)c(Cl)cc1Cl. The summed E-state index contributed by atoms with van der Waals surface area (Å²) in [5.41, 5.74) is 0.775. The third-order valence-electron chi connectivity index (χ3n) is 4.53. The van der Waals surface area contributed by atoms with Crippen LogP contribution in [0.5, 0.6) is 0 Å². The number of aromatic nitrogens is 2. The third-order valence-corrected chi connectivity index (χ3v) is 7.84. The number of morpholine rings is 1. The van der Waals surface area contributed by atoms with E-state index in [2.05, 4.69) is 14.7 Å². The second-order valence-corrected chi connectivity index (χ2v) is 9.99. The molecule has 0 bridgehead atoms. The third kappa shape index (κ3) is 4.74. The van der Waals surface area contributed by atoms with E-state index in [0.717, 1.165) is 17.1 Å². The molecule has 162 valence electrons. The molecule has 1 aromatic heterocycles. The number of sulfonamides is 1. The number of nitrogens with zero attached hydrogens (tertiary/aromatic N) is 3. The van der Waals surface area contributed by atoms with Crippen LogP contribution in [0.4, 0.5) is 5.13 Å². The largest absolute Gasteiger partial charge is 0.379 e. The molecule has 0 unspecified atom stereocenters. The van der Waals surface area contributed by atoms with Crippen molar-refractivity contribution in [1.82, 2.24) is 13.7 Å². The zero-order valence-electron chi connectivity index (χ0n) is 15.9. The van der Waals surface area contributed by atoms with Crippen LogP contribution < -0.4 is 5.32 Å². The molecular weight excluding hydrogens is 483 g/mol. The number of nitrogens with one attached hydrogen (secondary N) is 1. The highest BCUT2D eigenvalue weighted by Crippen LogP contribution is 2.32. The van der Waals surface area contributed by atoms with Crippen LogP contribution in [0.3, 0.4) is 0 Å². The average Bonchev–Trinajstić information content (AvgIpc) is 3.23. The summed E-state index contributed by atoms with van der Waals surface area (Å²) < 4.78 is 36.7. The summed E-state index contributed by atoms with van der Waals surface area (Å²) in [7, 11) is -3.91. The standard InChI is InChI=1S/C19H16Cl2N4O4S2/c20-14-11-15(21)16(31(27,28)25-6-8-29-9-7-25)10-13(14)18(26)23-19-22-17(24-30-19)12-4-2-1-3-5-12/h1-5,10-11H,6-9H2,(H,22,23,24,26). The fraction of sp³-hybridized carbons (Fsp3) is 0.211. The van der Waals surface area contributed by atoms with Gasteiger partial charge in [0.1, 0.15) is 4.90 Å². The molecule has 8 nitrogen and oxygen atoms in total. The van der Waals surface area contributed by atoms with Gasteiger partial charge in [-0.2, -0.15) is 13.7 Å². The van der Waals surface area contributed by atoms with Crippen LogP contribution in [0, 0.1) is 0 Å². The Morgan fingerprint density at radius 2 is 1.81 bits per heavy atom. The number of rotatable bonds is 5. The van der Waals surface area contributed by atoms with E-state index >= 15 is 0 Å². The van der Waals surface area contributed by atoms with E-state index in [4.69, 9.17) is 27.9 Å².